The van der Waals surface area contributed by atoms with Crippen LogP contribution in [0, 0.1) is 0 Å². The highest BCUT2D eigenvalue weighted by Gasteiger charge is 2.36. The van der Waals surface area contributed by atoms with E-state index in [0.29, 0.717) is 10.8 Å². The Kier molecular flexibility index (Phi) is 3.12. The molecule has 1 aliphatic rings. The molecule has 0 radical (unpaired) electrons. The molecule has 1 aromatic heterocycles. The first-order chi connectivity index (χ1) is 10.2. The molecule has 0 fully saturated rings. The molecule has 0 unspecified atom stereocenters. The van der Waals surface area contributed by atoms with Gasteiger partial charge >= 0.3 is 0 Å². The number of nitrogens with one attached hydrogen (secondary N) is 1. The van der Waals surface area contributed by atoms with Gasteiger partial charge in [-0.1, -0.05) is 12.1 Å². The summed E-state index contributed by atoms with van der Waals surface area (Å²) < 4.78 is 5.03. The Morgan fingerprint density at radius 1 is 1.05 bits per heavy atom. The zero-order valence-electron chi connectivity index (χ0n) is 10.8. The molecule has 0 atom stereocenters. The van der Waals surface area contributed by atoms with E-state index in [9.17, 15) is 14.4 Å². The monoisotopic (exact) mass is 282 g/mol. The van der Waals surface area contributed by atoms with E-state index in [1.54, 1.807) is 36.4 Å². The van der Waals surface area contributed by atoms with Crippen LogP contribution in [0.2, 0.25) is 0 Å². The minimum atomic E-state index is -0.596. The van der Waals surface area contributed by atoms with Crippen molar-refractivity contribution in [3.8, 4) is 0 Å². The lowest BCUT2D eigenvalue weighted by atomic mass is 10.1. The Morgan fingerprint density at radius 2 is 1.71 bits per heavy atom. The first-order valence-electron chi connectivity index (χ1n) is 6.17. The molecule has 2 heterocycles. The molecule has 0 spiro atoms. The van der Waals surface area contributed by atoms with Gasteiger partial charge in [0.05, 0.1) is 17.4 Å². The van der Waals surface area contributed by atoms with Gasteiger partial charge in [0.15, 0.2) is 0 Å². The fraction of sp³-hybridized carbons (Fsp3) is 0. The van der Waals surface area contributed by atoms with E-state index in [1.807, 2.05) is 0 Å². The Morgan fingerprint density at radius 3 is 2.29 bits per heavy atom. The Hall–Kier alpha value is -3.15. The highest BCUT2D eigenvalue weighted by atomic mass is 16.3. The van der Waals surface area contributed by atoms with Gasteiger partial charge in [-0.05, 0) is 30.3 Å². The van der Waals surface area contributed by atoms with E-state index < -0.39 is 17.7 Å². The standard InChI is InChI=1S/C15H10N2O4/c18-13(8-7-10-4-3-9-21-10)16-17-14(19)11-5-1-2-6-12(11)15(17)20/h1-9H,(H,16,18)/b8-7+. The van der Waals surface area contributed by atoms with E-state index in [-0.39, 0.29) is 11.1 Å². The van der Waals surface area contributed by atoms with Gasteiger partial charge in [0.1, 0.15) is 5.76 Å². The van der Waals surface area contributed by atoms with Crippen LogP contribution in [-0.4, -0.2) is 22.7 Å². The molecule has 0 aliphatic carbocycles. The normalized spacial score (nSPS) is 13.8. The summed E-state index contributed by atoms with van der Waals surface area (Å²) in [6.45, 7) is 0. The second-order valence-corrected chi connectivity index (χ2v) is 4.32. The minimum Gasteiger partial charge on any atom is -0.465 e. The topological polar surface area (TPSA) is 79.6 Å². The van der Waals surface area contributed by atoms with Crippen molar-refractivity contribution >= 4 is 23.8 Å². The molecule has 21 heavy (non-hydrogen) atoms. The molecule has 6 heteroatoms. The summed E-state index contributed by atoms with van der Waals surface area (Å²) in [6.07, 6.45) is 4.09. The van der Waals surface area contributed by atoms with Gasteiger partial charge in [0, 0.05) is 6.08 Å². The number of imide groups is 1. The second-order valence-electron chi connectivity index (χ2n) is 4.32. The zero-order chi connectivity index (χ0) is 14.8. The van der Waals surface area contributed by atoms with Crippen molar-refractivity contribution in [3.05, 3.63) is 65.6 Å². The number of benzene rings is 1. The SMILES string of the molecule is O=C(/C=C/c1ccco1)NN1C(=O)c2ccccc2C1=O. The van der Waals surface area contributed by atoms with Crippen LogP contribution in [0.4, 0.5) is 0 Å². The molecule has 0 saturated heterocycles. The first kappa shape index (κ1) is 12.9. The van der Waals surface area contributed by atoms with Gasteiger partial charge in [-0.15, -0.1) is 0 Å². The number of hydrogen-bond donors (Lipinski definition) is 1. The largest absolute Gasteiger partial charge is 0.465 e. The highest BCUT2D eigenvalue weighted by molar-refractivity contribution is 6.21. The van der Waals surface area contributed by atoms with Crippen LogP contribution in [0.3, 0.4) is 0 Å². The fourth-order valence-electron chi connectivity index (χ4n) is 1.98. The number of hydrogen-bond acceptors (Lipinski definition) is 4. The van der Waals surface area contributed by atoms with E-state index in [4.69, 9.17) is 4.42 Å². The summed E-state index contributed by atoms with van der Waals surface area (Å²) in [5.74, 6) is -1.20. The third-order valence-corrected chi connectivity index (χ3v) is 2.96. The summed E-state index contributed by atoms with van der Waals surface area (Å²) in [4.78, 5) is 35.8. The summed E-state index contributed by atoms with van der Waals surface area (Å²) in [7, 11) is 0. The predicted molar refractivity (Wildman–Crippen MR) is 72.8 cm³/mol. The molecule has 1 aromatic carbocycles. The number of carbonyl (C=O) groups is 3. The Balaban J connectivity index is 1.73. The lowest BCUT2D eigenvalue weighted by molar-refractivity contribution is -0.119. The molecular weight excluding hydrogens is 272 g/mol. The molecule has 104 valence electrons. The second kappa shape index (κ2) is 5.09. The molecular formula is C15H10N2O4. The lowest BCUT2D eigenvalue weighted by Gasteiger charge is -2.13. The van der Waals surface area contributed by atoms with Crippen LogP contribution in [0.5, 0.6) is 0 Å². The summed E-state index contributed by atoms with van der Waals surface area (Å²) in [6, 6.07) is 9.76. The maximum Gasteiger partial charge on any atom is 0.280 e. The van der Waals surface area contributed by atoms with E-state index in [0.717, 1.165) is 0 Å². The third kappa shape index (κ3) is 2.34. The summed E-state index contributed by atoms with van der Waals surface area (Å²) in [5, 5.41) is 0.708. The molecule has 3 rings (SSSR count). The van der Waals surface area contributed by atoms with E-state index >= 15 is 0 Å². The van der Waals surface area contributed by atoms with Crippen LogP contribution in [0.15, 0.2) is 53.2 Å². The molecule has 0 bridgehead atoms. The maximum absolute atomic E-state index is 12.0. The summed E-state index contributed by atoms with van der Waals surface area (Å²) >= 11 is 0. The quantitative estimate of drug-likeness (QED) is 0.685. The number of rotatable bonds is 3. The molecule has 3 amide bonds. The number of fused-ring (bicyclic) bond motifs is 1. The first-order valence-corrected chi connectivity index (χ1v) is 6.17. The zero-order valence-corrected chi connectivity index (χ0v) is 10.8. The Labute approximate surface area is 119 Å². The number of carbonyl (C=O) groups excluding carboxylic acids is 3. The van der Waals surface area contributed by atoms with Gasteiger partial charge in [0.2, 0.25) is 0 Å². The lowest BCUT2D eigenvalue weighted by Crippen LogP contribution is -2.45. The fourth-order valence-corrected chi connectivity index (χ4v) is 1.98. The maximum atomic E-state index is 12.0. The Bertz CT molecular complexity index is 712. The average Bonchev–Trinajstić information content (AvgIpc) is 3.09. The highest BCUT2D eigenvalue weighted by Crippen LogP contribution is 2.20. The van der Waals surface area contributed by atoms with Crippen molar-refractivity contribution in [2.75, 3.05) is 0 Å². The van der Waals surface area contributed by atoms with Gasteiger partial charge in [0.25, 0.3) is 17.7 Å². The van der Waals surface area contributed by atoms with Gasteiger partial charge < -0.3 is 4.42 Å². The van der Waals surface area contributed by atoms with Crippen molar-refractivity contribution in [2.24, 2.45) is 0 Å². The van der Waals surface area contributed by atoms with Crippen molar-refractivity contribution in [1.29, 1.82) is 0 Å². The van der Waals surface area contributed by atoms with E-state index in [1.165, 1.54) is 18.4 Å². The van der Waals surface area contributed by atoms with Crippen LogP contribution in [-0.2, 0) is 4.79 Å². The van der Waals surface area contributed by atoms with Crippen LogP contribution in [0.1, 0.15) is 26.5 Å². The van der Waals surface area contributed by atoms with E-state index in [2.05, 4.69) is 5.43 Å². The molecule has 0 saturated carbocycles. The van der Waals surface area contributed by atoms with Crippen LogP contribution in [0.25, 0.3) is 6.08 Å². The molecule has 1 N–H and O–H groups in total. The van der Waals surface area contributed by atoms with Crippen molar-refractivity contribution in [1.82, 2.24) is 10.4 Å². The number of nitrogens with zero attached hydrogens (tertiary/aromatic N) is 1. The van der Waals surface area contributed by atoms with Crippen LogP contribution >= 0.6 is 0 Å². The third-order valence-electron chi connectivity index (χ3n) is 2.96. The molecule has 2 aromatic rings. The van der Waals surface area contributed by atoms with Gasteiger partial charge in [-0.25, -0.2) is 0 Å². The van der Waals surface area contributed by atoms with Crippen molar-refractivity contribution in [3.63, 3.8) is 0 Å². The van der Waals surface area contributed by atoms with Crippen molar-refractivity contribution in [2.45, 2.75) is 0 Å². The number of furan rings is 1. The smallest absolute Gasteiger partial charge is 0.280 e. The average molecular weight is 282 g/mol. The number of hydrazine groups is 1. The van der Waals surface area contributed by atoms with Gasteiger partial charge in [-0.3, -0.25) is 19.8 Å². The summed E-state index contributed by atoms with van der Waals surface area (Å²) in [5.41, 5.74) is 2.81. The van der Waals surface area contributed by atoms with Crippen molar-refractivity contribution < 1.29 is 18.8 Å². The minimum absolute atomic E-state index is 0.276. The molecule has 1 aliphatic heterocycles. The van der Waals surface area contributed by atoms with Gasteiger partial charge in [-0.2, -0.15) is 5.01 Å². The molecule has 6 nitrogen and oxygen atoms in total. The number of amides is 3. The predicted octanol–water partition coefficient (Wildman–Crippen LogP) is 1.62. The van der Waals surface area contributed by atoms with Crippen LogP contribution < -0.4 is 5.43 Å².